The first-order valence-electron chi connectivity index (χ1n) is 5.41. The minimum Gasteiger partial charge on any atom is -0.450 e. The summed E-state index contributed by atoms with van der Waals surface area (Å²) in [6, 6.07) is 0. The summed E-state index contributed by atoms with van der Waals surface area (Å²) in [4.78, 5) is 24.3. The lowest BCUT2D eigenvalue weighted by Crippen LogP contribution is -2.42. The van der Waals surface area contributed by atoms with Gasteiger partial charge in [0, 0.05) is 0 Å². The molecule has 0 bridgehead atoms. The molecule has 0 spiro atoms. The number of hydrogen-bond donors (Lipinski definition) is 1. The maximum atomic E-state index is 11.3. The molecule has 1 aliphatic heterocycles. The van der Waals surface area contributed by atoms with Gasteiger partial charge in [0.15, 0.2) is 0 Å². The van der Waals surface area contributed by atoms with Crippen LogP contribution in [0.4, 0.5) is 4.79 Å². The SMILES string of the molecule is CCOC(=O)NC(=O)CN1CCCCC1. The number of alkyl carbamates (subject to hydrolysis) is 1. The molecule has 0 aliphatic carbocycles. The second-order valence-corrected chi connectivity index (χ2v) is 3.61. The van der Waals surface area contributed by atoms with Crippen molar-refractivity contribution in [2.75, 3.05) is 26.2 Å². The molecule has 0 aromatic heterocycles. The molecule has 0 aromatic rings. The van der Waals surface area contributed by atoms with Crippen molar-refractivity contribution >= 4 is 12.0 Å². The molecule has 86 valence electrons. The van der Waals surface area contributed by atoms with Crippen LogP contribution in [0.2, 0.25) is 0 Å². The van der Waals surface area contributed by atoms with Crippen LogP contribution in [-0.2, 0) is 9.53 Å². The van der Waals surface area contributed by atoms with Crippen molar-refractivity contribution in [3.05, 3.63) is 0 Å². The fraction of sp³-hybridized carbons (Fsp3) is 0.800. The Hall–Kier alpha value is -1.10. The summed E-state index contributed by atoms with van der Waals surface area (Å²) in [5.74, 6) is -0.282. The monoisotopic (exact) mass is 214 g/mol. The van der Waals surface area contributed by atoms with Crippen LogP contribution in [0.5, 0.6) is 0 Å². The molecule has 0 radical (unpaired) electrons. The van der Waals surface area contributed by atoms with Crippen LogP contribution in [0, 0.1) is 0 Å². The van der Waals surface area contributed by atoms with Crippen molar-refractivity contribution in [3.8, 4) is 0 Å². The highest BCUT2D eigenvalue weighted by molar-refractivity contribution is 5.92. The maximum Gasteiger partial charge on any atom is 0.413 e. The molecule has 1 rings (SSSR count). The van der Waals surface area contributed by atoms with Gasteiger partial charge in [-0.1, -0.05) is 6.42 Å². The average molecular weight is 214 g/mol. The second kappa shape index (κ2) is 6.40. The molecule has 5 heteroatoms. The van der Waals surface area contributed by atoms with E-state index in [9.17, 15) is 9.59 Å². The summed E-state index contributed by atoms with van der Waals surface area (Å²) < 4.78 is 4.61. The lowest BCUT2D eigenvalue weighted by molar-refractivity contribution is -0.121. The Morgan fingerprint density at radius 1 is 1.27 bits per heavy atom. The van der Waals surface area contributed by atoms with E-state index in [0.717, 1.165) is 25.9 Å². The predicted octanol–water partition coefficient (Wildman–Crippen LogP) is 0.745. The van der Waals surface area contributed by atoms with Gasteiger partial charge in [-0.15, -0.1) is 0 Å². The molecule has 1 fully saturated rings. The van der Waals surface area contributed by atoms with E-state index in [1.807, 2.05) is 0 Å². The number of carbonyl (C=O) groups is 2. The number of amides is 2. The zero-order valence-electron chi connectivity index (χ0n) is 9.12. The first-order chi connectivity index (χ1) is 7.22. The lowest BCUT2D eigenvalue weighted by atomic mass is 10.1. The smallest absolute Gasteiger partial charge is 0.413 e. The van der Waals surface area contributed by atoms with Crippen molar-refractivity contribution in [2.45, 2.75) is 26.2 Å². The predicted molar refractivity (Wildman–Crippen MR) is 55.5 cm³/mol. The molecule has 0 atom stereocenters. The Kier molecular flexibility index (Phi) is 5.10. The highest BCUT2D eigenvalue weighted by Gasteiger charge is 2.15. The van der Waals surface area contributed by atoms with Gasteiger partial charge in [0.05, 0.1) is 13.2 Å². The van der Waals surface area contributed by atoms with Gasteiger partial charge in [-0.3, -0.25) is 15.0 Å². The van der Waals surface area contributed by atoms with Gasteiger partial charge < -0.3 is 4.74 Å². The molecule has 1 aliphatic rings. The zero-order valence-corrected chi connectivity index (χ0v) is 9.12. The van der Waals surface area contributed by atoms with Crippen LogP contribution in [-0.4, -0.2) is 43.1 Å². The Balaban J connectivity index is 2.19. The first kappa shape index (κ1) is 12.0. The van der Waals surface area contributed by atoms with Crippen molar-refractivity contribution in [3.63, 3.8) is 0 Å². The van der Waals surface area contributed by atoms with Gasteiger partial charge in [0.2, 0.25) is 5.91 Å². The largest absolute Gasteiger partial charge is 0.450 e. The third-order valence-electron chi connectivity index (χ3n) is 2.33. The Morgan fingerprint density at radius 3 is 2.53 bits per heavy atom. The van der Waals surface area contributed by atoms with E-state index < -0.39 is 6.09 Å². The third kappa shape index (κ3) is 4.78. The van der Waals surface area contributed by atoms with Crippen molar-refractivity contribution in [1.82, 2.24) is 10.2 Å². The number of hydrogen-bond acceptors (Lipinski definition) is 4. The van der Waals surface area contributed by atoms with Gasteiger partial charge in [0.1, 0.15) is 0 Å². The topological polar surface area (TPSA) is 58.6 Å². The number of carbonyl (C=O) groups excluding carboxylic acids is 2. The van der Waals surface area contributed by atoms with E-state index in [-0.39, 0.29) is 12.5 Å². The van der Waals surface area contributed by atoms with Gasteiger partial charge >= 0.3 is 6.09 Å². The van der Waals surface area contributed by atoms with Crippen LogP contribution in [0.15, 0.2) is 0 Å². The quantitative estimate of drug-likeness (QED) is 0.753. The average Bonchev–Trinajstić information content (AvgIpc) is 2.19. The Labute approximate surface area is 89.8 Å². The molecule has 5 nitrogen and oxygen atoms in total. The number of ether oxygens (including phenoxy) is 1. The van der Waals surface area contributed by atoms with Crippen LogP contribution in [0.3, 0.4) is 0 Å². The number of piperidine rings is 1. The van der Waals surface area contributed by atoms with Crippen molar-refractivity contribution < 1.29 is 14.3 Å². The Bertz CT molecular complexity index is 225. The number of nitrogens with zero attached hydrogens (tertiary/aromatic N) is 1. The van der Waals surface area contributed by atoms with Crippen LogP contribution in [0.1, 0.15) is 26.2 Å². The van der Waals surface area contributed by atoms with E-state index in [2.05, 4.69) is 15.0 Å². The molecular formula is C10H18N2O3. The summed E-state index contributed by atoms with van der Waals surface area (Å²) in [6.45, 7) is 4.16. The minimum atomic E-state index is -0.653. The minimum absolute atomic E-state index is 0.281. The highest BCUT2D eigenvalue weighted by atomic mass is 16.5. The summed E-state index contributed by atoms with van der Waals surface area (Å²) in [5, 5.41) is 2.19. The number of rotatable bonds is 3. The second-order valence-electron chi connectivity index (χ2n) is 3.61. The van der Waals surface area contributed by atoms with Gasteiger partial charge in [0.25, 0.3) is 0 Å². The van der Waals surface area contributed by atoms with Gasteiger partial charge in [-0.2, -0.15) is 0 Å². The van der Waals surface area contributed by atoms with E-state index >= 15 is 0 Å². The van der Waals surface area contributed by atoms with Crippen molar-refractivity contribution in [1.29, 1.82) is 0 Å². The van der Waals surface area contributed by atoms with E-state index in [4.69, 9.17) is 0 Å². The Morgan fingerprint density at radius 2 is 1.93 bits per heavy atom. The molecule has 15 heavy (non-hydrogen) atoms. The van der Waals surface area contributed by atoms with Crippen LogP contribution < -0.4 is 5.32 Å². The third-order valence-corrected chi connectivity index (χ3v) is 2.33. The molecule has 2 amide bonds. The van der Waals surface area contributed by atoms with Crippen molar-refractivity contribution in [2.24, 2.45) is 0 Å². The molecule has 1 heterocycles. The number of imide groups is 1. The molecule has 1 saturated heterocycles. The molecule has 0 aromatic carbocycles. The standard InChI is InChI=1S/C10H18N2O3/c1-2-15-10(14)11-9(13)8-12-6-4-3-5-7-12/h2-8H2,1H3,(H,11,13,14). The highest BCUT2D eigenvalue weighted by Crippen LogP contribution is 2.07. The molecule has 1 N–H and O–H groups in total. The summed E-state index contributed by atoms with van der Waals surface area (Å²) >= 11 is 0. The molecule has 0 saturated carbocycles. The fourth-order valence-corrected chi connectivity index (χ4v) is 1.64. The number of likely N-dealkylation sites (tertiary alicyclic amines) is 1. The van der Waals surface area contributed by atoms with Gasteiger partial charge in [-0.25, -0.2) is 4.79 Å². The molecular weight excluding hydrogens is 196 g/mol. The van der Waals surface area contributed by atoms with E-state index in [1.54, 1.807) is 6.92 Å². The van der Waals surface area contributed by atoms with Crippen LogP contribution >= 0.6 is 0 Å². The first-order valence-corrected chi connectivity index (χ1v) is 5.41. The normalized spacial score (nSPS) is 17.1. The fourth-order valence-electron chi connectivity index (χ4n) is 1.64. The van der Waals surface area contributed by atoms with E-state index in [0.29, 0.717) is 6.54 Å². The number of nitrogens with one attached hydrogen (secondary N) is 1. The summed E-state index contributed by atoms with van der Waals surface area (Å²) in [7, 11) is 0. The van der Waals surface area contributed by atoms with E-state index in [1.165, 1.54) is 6.42 Å². The lowest BCUT2D eigenvalue weighted by Gasteiger charge is -2.25. The zero-order chi connectivity index (χ0) is 11.1. The maximum absolute atomic E-state index is 11.3. The molecule has 0 unspecified atom stereocenters. The van der Waals surface area contributed by atoms with Gasteiger partial charge in [-0.05, 0) is 32.9 Å². The van der Waals surface area contributed by atoms with Crippen LogP contribution in [0.25, 0.3) is 0 Å². The summed E-state index contributed by atoms with van der Waals surface area (Å²) in [6.07, 6.45) is 2.84. The summed E-state index contributed by atoms with van der Waals surface area (Å²) in [5.41, 5.74) is 0.